The summed E-state index contributed by atoms with van der Waals surface area (Å²) < 4.78 is 29.4. The molecule has 0 saturated carbocycles. The molecule has 0 radical (unpaired) electrons. The third-order valence-electron chi connectivity index (χ3n) is 11.0. The van der Waals surface area contributed by atoms with Crippen molar-refractivity contribution in [2.45, 2.75) is 68.6 Å². The highest BCUT2D eigenvalue weighted by Crippen LogP contribution is 2.47. The van der Waals surface area contributed by atoms with Crippen molar-refractivity contribution in [1.82, 2.24) is 15.5 Å². The van der Waals surface area contributed by atoms with Gasteiger partial charge in [0.25, 0.3) is 11.6 Å². The summed E-state index contributed by atoms with van der Waals surface area (Å²) in [7, 11) is 0. The number of carboxylic acids is 1. The van der Waals surface area contributed by atoms with Crippen LogP contribution in [0, 0.1) is 0 Å². The number of fused-ring (bicyclic) bond motifs is 1. The zero-order chi connectivity index (χ0) is 50.0. The number of carboxylic acid groups (broad SMARTS) is 1. The molecule has 2 heterocycles. The van der Waals surface area contributed by atoms with Gasteiger partial charge in [0.05, 0.1) is 6.61 Å². The molecule has 0 spiro atoms. The van der Waals surface area contributed by atoms with Gasteiger partial charge >= 0.3 is 30.0 Å². The van der Waals surface area contributed by atoms with Gasteiger partial charge in [-0.25, -0.2) is 14.4 Å². The topological polar surface area (TPSA) is 213 Å². The Bertz CT molecular complexity index is 2640. The molecular formula is C53H51N3O13S. The Hall–Kier alpha value is -7.76. The average molecular weight is 970 g/mol. The minimum atomic E-state index is -2.51. The molecule has 5 aromatic rings. The van der Waals surface area contributed by atoms with E-state index in [1.54, 1.807) is 160 Å². The largest absolute Gasteiger partial charge is 0.477 e. The third kappa shape index (κ3) is 11.7. The SMILES string of the molecule is CC(=O)OCC1=C(C(=O)O)N2C(=O)[C@@](NC(=O)C(C(=O)OC(c3ccccc3)c3ccccc3)c3ccccc3)(OCC(NC(=O)OC(C)(C)C)C(=O)OC(c3ccccc3)c3ccccc3)[C@H]2SC1. The summed E-state index contributed by atoms with van der Waals surface area (Å²) in [5, 5.41) is 14.3. The molecule has 1 fully saturated rings. The van der Waals surface area contributed by atoms with Crippen LogP contribution < -0.4 is 10.6 Å². The number of thioether (sulfide) groups is 1. The molecule has 3 N–H and O–H groups in total. The van der Waals surface area contributed by atoms with E-state index in [2.05, 4.69) is 10.6 Å². The summed E-state index contributed by atoms with van der Waals surface area (Å²) in [6.45, 7) is 4.68. The smallest absolute Gasteiger partial charge is 0.408 e. The highest BCUT2D eigenvalue weighted by Gasteiger charge is 2.68. The Morgan fingerprint density at radius 1 is 0.700 bits per heavy atom. The van der Waals surface area contributed by atoms with Crippen LogP contribution >= 0.6 is 11.8 Å². The number of β-lactam (4-membered cyclic amide) rings is 1. The standard InChI is InChI=1S/C53H51N3O13S/c1-33(57)65-30-39-32-70-50-53(49(63)56(50)42(39)46(59)60,55-45(58)41(34-20-10-5-11-21-34)48(62)68-44(37-26-16-8-17-27-37)38-28-18-9-19-29-38)66-31-40(54-51(64)69-52(2,3)4)47(61)67-43(35-22-12-6-13-23-35)36-24-14-7-15-25-36/h5-29,40-41,43-44,50H,30-32H2,1-4H3,(H,54,64)(H,55,58)(H,59,60)/t40?,41?,50-,53-/m1/s1. The fourth-order valence-electron chi connectivity index (χ4n) is 7.85. The van der Waals surface area contributed by atoms with Gasteiger partial charge in [-0.3, -0.25) is 24.1 Å². The van der Waals surface area contributed by atoms with Crippen molar-refractivity contribution in [3.8, 4) is 0 Å². The average Bonchev–Trinajstić information content (AvgIpc) is 3.35. The molecule has 7 rings (SSSR count). The lowest BCUT2D eigenvalue weighted by Crippen LogP contribution is -2.81. The normalized spacial score (nSPS) is 17.3. The summed E-state index contributed by atoms with van der Waals surface area (Å²) in [5.41, 5.74) is -1.42. The van der Waals surface area contributed by atoms with Crippen molar-refractivity contribution in [2.24, 2.45) is 0 Å². The van der Waals surface area contributed by atoms with Gasteiger partial charge in [0.15, 0.2) is 24.2 Å². The van der Waals surface area contributed by atoms with Crippen molar-refractivity contribution < 1.29 is 62.4 Å². The van der Waals surface area contributed by atoms with Crippen LogP contribution in [0.2, 0.25) is 0 Å². The summed E-state index contributed by atoms with van der Waals surface area (Å²) >= 11 is 0.963. The number of alkyl carbamates (subject to hydrolysis) is 1. The minimum Gasteiger partial charge on any atom is -0.477 e. The molecule has 3 amide bonds. The van der Waals surface area contributed by atoms with Crippen molar-refractivity contribution in [2.75, 3.05) is 19.0 Å². The van der Waals surface area contributed by atoms with Crippen molar-refractivity contribution in [3.63, 3.8) is 0 Å². The summed E-state index contributed by atoms with van der Waals surface area (Å²) in [4.78, 5) is 98.1. The monoisotopic (exact) mass is 969 g/mol. The molecule has 4 atom stereocenters. The Balaban J connectivity index is 1.27. The van der Waals surface area contributed by atoms with Crippen LogP contribution in [-0.4, -0.2) is 93.5 Å². The highest BCUT2D eigenvalue weighted by atomic mass is 32.2. The van der Waals surface area contributed by atoms with E-state index in [-0.39, 0.29) is 16.9 Å². The zero-order valence-corrected chi connectivity index (χ0v) is 39.5. The van der Waals surface area contributed by atoms with E-state index >= 15 is 4.79 Å². The fourth-order valence-corrected chi connectivity index (χ4v) is 9.24. The maximum atomic E-state index is 15.1. The molecule has 2 aliphatic rings. The third-order valence-corrected chi connectivity index (χ3v) is 12.4. The molecule has 70 heavy (non-hydrogen) atoms. The Morgan fingerprint density at radius 3 is 1.57 bits per heavy atom. The molecule has 1 saturated heterocycles. The van der Waals surface area contributed by atoms with Gasteiger partial charge in [0.1, 0.15) is 23.3 Å². The van der Waals surface area contributed by atoms with Crippen LogP contribution in [0.4, 0.5) is 4.79 Å². The number of carbonyl (C=O) groups is 7. The highest BCUT2D eigenvalue weighted by molar-refractivity contribution is 8.00. The quantitative estimate of drug-likeness (QED) is 0.0266. The molecule has 0 bridgehead atoms. The van der Waals surface area contributed by atoms with Crippen LogP contribution in [0.5, 0.6) is 0 Å². The number of esters is 3. The number of hydrogen-bond acceptors (Lipinski definition) is 13. The van der Waals surface area contributed by atoms with E-state index in [0.29, 0.717) is 22.3 Å². The molecule has 16 nitrogen and oxygen atoms in total. The number of hydrogen-bond donors (Lipinski definition) is 3. The van der Waals surface area contributed by atoms with Crippen LogP contribution in [0.3, 0.4) is 0 Å². The second-order valence-corrected chi connectivity index (χ2v) is 18.3. The van der Waals surface area contributed by atoms with E-state index in [9.17, 15) is 33.9 Å². The fraction of sp³-hybridized carbons (Fsp3) is 0.264. The van der Waals surface area contributed by atoms with Gasteiger partial charge < -0.3 is 39.4 Å². The molecule has 17 heteroatoms. The van der Waals surface area contributed by atoms with Crippen LogP contribution in [0.1, 0.15) is 73.6 Å². The summed E-state index contributed by atoms with van der Waals surface area (Å²) in [6.07, 6.45) is -3.02. The molecular weight excluding hydrogens is 919 g/mol. The molecule has 5 aromatic carbocycles. The number of ether oxygens (including phenoxy) is 5. The van der Waals surface area contributed by atoms with Crippen LogP contribution in [-0.2, 0) is 52.5 Å². The number of rotatable bonds is 18. The number of nitrogens with one attached hydrogen (secondary N) is 2. The summed E-state index contributed by atoms with van der Waals surface area (Å²) in [6, 6.07) is 41.7. The maximum Gasteiger partial charge on any atom is 0.408 e. The van der Waals surface area contributed by atoms with Crippen LogP contribution in [0.25, 0.3) is 0 Å². The second kappa shape index (κ2) is 22.1. The zero-order valence-electron chi connectivity index (χ0n) is 38.6. The minimum absolute atomic E-state index is 0.0803. The molecule has 2 aliphatic heterocycles. The Kier molecular flexibility index (Phi) is 15.8. The van der Waals surface area contributed by atoms with Crippen molar-refractivity contribution in [3.05, 3.63) is 191 Å². The molecule has 0 aliphatic carbocycles. The Morgan fingerprint density at radius 2 is 1.14 bits per heavy atom. The van der Waals surface area contributed by atoms with E-state index in [1.165, 1.54) is 12.1 Å². The van der Waals surface area contributed by atoms with E-state index in [0.717, 1.165) is 23.6 Å². The first kappa shape index (κ1) is 50.1. The maximum absolute atomic E-state index is 15.1. The Labute approximate surface area is 408 Å². The van der Waals surface area contributed by atoms with Gasteiger partial charge in [-0.05, 0) is 48.6 Å². The van der Waals surface area contributed by atoms with Crippen LogP contribution in [0.15, 0.2) is 163 Å². The van der Waals surface area contributed by atoms with E-state index in [1.807, 2.05) is 0 Å². The lowest BCUT2D eigenvalue weighted by atomic mass is 9.93. The predicted octanol–water partition coefficient (Wildman–Crippen LogP) is 6.98. The van der Waals surface area contributed by atoms with Crippen molar-refractivity contribution in [1.29, 1.82) is 0 Å². The van der Waals surface area contributed by atoms with Gasteiger partial charge in [0, 0.05) is 18.2 Å². The lowest BCUT2D eigenvalue weighted by Gasteiger charge is -2.56. The molecule has 2 unspecified atom stereocenters. The molecule has 362 valence electrons. The summed E-state index contributed by atoms with van der Waals surface area (Å²) in [5.74, 6) is -8.34. The number of carbonyl (C=O) groups excluding carboxylic acids is 6. The van der Waals surface area contributed by atoms with Gasteiger partial charge in [-0.15, -0.1) is 11.8 Å². The number of aliphatic carboxylic acids is 1. The van der Waals surface area contributed by atoms with E-state index < -0.39 is 102 Å². The first-order valence-electron chi connectivity index (χ1n) is 22.2. The lowest BCUT2D eigenvalue weighted by molar-refractivity contribution is -0.202. The first-order chi connectivity index (χ1) is 33.6. The first-order valence-corrected chi connectivity index (χ1v) is 23.3. The van der Waals surface area contributed by atoms with Gasteiger partial charge in [-0.2, -0.15) is 0 Å². The number of amides is 3. The number of nitrogens with zero attached hydrogens (tertiary/aromatic N) is 1. The van der Waals surface area contributed by atoms with Gasteiger partial charge in [0.2, 0.25) is 5.91 Å². The predicted molar refractivity (Wildman–Crippen MR) is 255 cm³/mol. The van der Waals surface area contributed by atoms with Gasteiger partial charge in [-0.1, -0.05) is 152 Å². The van der Waals surface area contributed by atoms with Crippen molar-refractivity contribution >= 4 is 53.5 Å². The second-order valence-electron chi connectivity index (χ2n) is 17.2. The van der Waals surface area contributed by atoms with E-state index in [4.69, 9.17) is 23.7 Å². The number of benzene rings is 5. The molecule has 0 aromatic heterocycles.